The predicted molar refractivity (Wildman–Crippen MR) is 44.1 cm³/mol. The average Bonchev–Trinajstić information content (AvgIpc) is 1.65. The van der Waals surface area contributed by atoms with Gasteiger partial charge in [0.15, 0.2) is 0 Å². The number of aliphatic hydroxyl groups is 1. The molecule has 0 aromatic heterocycles. The first-order valence-corrected chi connectivity index (χ1v) is 13.3. The standard InChI is InChI=1S/C3H6O.3BrH.Ti/c1-2-3-4;;;;/h2,4H,1,3H2;3*1H;/q;;;;+3/p-3. The molecule has 0 heterocycles. The van der Waals surface area contributed by atoms with E-state index in [1.807, 2.05) is 0 Å². The third-order valence-corrected chi connectivity index (χ3v) is 0.129. The van der Waals surface area contributed by atoms with Gasteiger partial charge in [-0.3, -0.25) is 0 Å². The van der Waals surface area contributed by atoms with Crippen LogP contribution in [0, 0.1) is 0 Å². The van der Waals surface area contributed by atoms with Crippen molar-refractivity contribution in [1.82, 2.24) is 0 Å². The second-order valence-electron chi connectivity index (χ2n) is 0.686. The SMILES string of the molecule is C=CCO.[Br][Ti]([Br])[Br]. The zero-order chi connectivity index (χ0) is 6.99. The van der Waals surface area contributed by atoms with Gasteiger partial charge in [0.2, 0.25) is 0 Å². The molecule has 0 radical (unpaired) electrons. The molecule has 0 aliphatic rings. The molecule has 0 bridgehead atoms. The predicted octanol–water partition coefficient (Wildman–Crippen LogP) is 2.70. The fourth-order valence-electron chi connectivity index (χ4n) is 0. The van der Waals surface area contributed by atoms with Crippen LogP contribution >= 0.6 is 39.5 Å². The van der Waals surface area contributed by atoms with Crippen molar-refractivity contribution < 1.29 is 16.7 Å². The Kier molecular flexibility index (Phi) is 18.2. The van der Waals surface area contributed by atoms with Gasteiger partial charge < -0.3 is 5.11 Å². The van der Waals surface area contributed by atoms with Crippen LogP contribution < -0.4 is 0 Å². The van der Waals surface area contributed by atoms with Crippen molar-refractivity contribution >= 4 is 39.5 Å². The number of aliphatic hydroxyl groups excluding tert-OH is 1. The van der Waals surface area contributed by atoms with Crippen LogP contribution in [-0.2, 0) is 11.6 Å². The Hall–Kier alpha value is 1.85. The van der Waals surface area contributed by atoms with E-state index in [1.54, 1.807) is 0 Å². The summed E-state index contributed by atoms with van der Waals surface area (Å²) in [6.07, 6.45) is 1.43. The summed E-state index contributed by atoms with van der Waals surface area (Å²) in [5, 5.41) is 7.76. The first kappa shape index (κ1) is 12.5. The third kappa shape index (κ3) is 45.3. The van der Waals surface area contributed by atoms with E-state index in [0.29, 0.717) is 0 Å². The molecule has 0 aliphatic carbocycles. The van der Waals surface area contributed by atoms with Crippen LogP contribution in [0.2, 0.25) is 0 Å². The number of halogens is 3. The van der Waals surface area contributed by atoms with Crippen molar-refractivity contribution in [1.29, 1.82) is 0 Å². The van der Waals surface area contributed by atoms with Gasteiger partial charge in [-0.05, 0) is 0 Å². The van der Waals surface area contributed by atoms with Crippen LogP contribution in [0.4, 0.5) is 0 Å². The summed E-state index contributed by atoms with van der Waals surface area (Å²) in [6.45, 7) is 3.31. The summed E-state index contributed by atoms with van der Waals surface area (Å²) < 4.78 is 0. The molecule has 0 aromatic rings. The Morgan fingerprint density at radius 3 is 1.62 bits per heavy atom. The summed E-state index contributed by atoms with van der Waals surface area (Å²) in [5.74, 6) is 0. The molecule has 0 aliphatic heterocycles. The van der Waals surface area contributed by atoms with E-state index in [9.17, 15) is 0 Å². The maximum absolute atomic E-state index is 7.76. The molecule has 49 valence electrons. The minimum absolute atomic E-state index is 0.0833. The third-order valence-electron chi connectivity index (χ3n) is 0.129. The zero-order valence-electron chi connectivity index (χ0n) is 4.07. The summed E-state index contributed by atoms with van der Waals surface area (Å²) in [6, 6.07) is 0. The number of hydrogen-bond donors (Lipinski definition) is 1. The molecule has 0 atom stereocenters. The summed E-state index contributed by atoms with van der Waals surface area (Å²) in [5.41, 5.74) is 0. The fourth-order valence-corrected chi connectivity index (χ4v) is 0. The Morgan fingerprint density at radius 2 is 1.62 bits per heavy atom. The summed E-state index contributed by atoms with van der Waals surface area (Å²) in [7, 11) is 0. The molecule has 1 nitrogen and oxygen atoms in total. The van der Waals surface area contributed by atoms with Crippen molar-refractivity contribution in [3.63, 3.8) is 0 Å². The monoisotopic (exact) mass is 343 g/mol. The van der Waals surface area contributed by atoms with E-state index >= 15 is 0 Å². The topological polar surface area (TPSA) is 20.2 Å². The van der Waals surface area contributed by atoms with Gasteiger partial charge in [-0.2, -0.15) is 0 Å². The van der Waals surface area contributed by atoms with Gasteiger partial charge in [0.25, 0.3) is 0 Å². The van der Waals surface area contributed by atoms with Crippen LogP contribution in [0.1, 0.15) is 0 Å². The first-order chi connectivity index (χ1) is 3.65. The molecule has 0 rings (SSSR count). The molecule has 0 unspecified atom stereocenters. The Bertz CT molecular complexity index is 47.0. The molecule has 0 aromatic carbocycles. The molecule has 0 amide bonds. The van der Waals surface area contributed by atoms with Gasteiger partial charge in [0, 0.05) is 0 Å². The van der Waals surface area contributed by atoms with E-state index in [0.717, 1.165) is 0 Å². The van der Waals surface area contributed by atoms with Crippen LogP contribution in [0.25, 0.3) is 0 Å². The van der Waals surface area contributed by atoms with E-state index in [4.69, 9.17) is 5.11 Å². The second kappa shape index (κ2) is 11.6. The molecule has 0 saturated heterocycles. The Labute approximate surface area is 74.5 Å². The number of hydrogen-bond acceptors (Lipinski definition) is 1. The van der Waals surface area contributed by atoms with Crippen LogP contribution in [0.5, 0.6) is 0 Å². The van der Waals surface area contributed by atoms with Crippen molar-refractivity contribution in [2.24, 2.45) is 0 Å². The van der Waals surface area contributed by atoms with Gasteiger partial charge in [-0.1, -0.05) is 6.08 Å². The van der Waals surface area contributed by atoms with Gasteiger partial charge >= 0.3 is 51.1 Å². The van der Waals surface area contributed by atoms with Gasteiger partial charge in [-0.15, -0.1) is 6.58 Å². The Balaban J connectivity index is 0. The normalized spacial score (nSPS) is 6.50. The van der Waals surface area contributed by atoms with E-state index in [-0.39, 0.29) is 6.61 Å². The van der Waals surface area contributed by atoms with Gasteiger partial charge in [0.05, 0.1) is 6.61 Å². The van der Waals surface area contributed by atoms with Crippen molar-refractivity contribution in [3.05, 3.63) is 12.7 Å². The van der Waals surface area contributed by atoms with E-state index < -0.39 is 11.6 Å². The summed E-state index contributed by atoms with van der Waals surface area (Å²) in [4.78, 5) is 0. The zero-order valence-corrected chi connectivity index (χ0v) is 10.4. The maximum atomic E-state index is 7.76. The quantitative estimate of drug-likeness (QED) is 0.572. The molecule has 0 saturated carbocycles. The first-order valence-electron chi connectivity index (χ1n) is 1.70. The van der Waals surface area contributed by atoms with Crippen molar-refractivity contribution in [3.8, 4) is 0 Å². The minimum atomic E-state index is -0.896. The van der Waals surface area contributed by atoms with Gasteiger partial charge in [-0.25, -0.2) is 0 Å². The number of rotatable bonds is 1. The van der Waals surface area contributed by atoms with Crippen LogP contribution in [0.15, 0.2) is 12.7 Å². The molecular formula is C3H6Br3OTi. The fraction of sp³-hybridized carbons (Fsp3) is 0.333. The van der Waals surface area contributed by atoms with Crippen molar-refractivity contribution in [2.45, 2.75) is 0 Å². The molecule has 8 heavy (non-hydrogen) atoms. The molecular weight excluding hydrogens is 340 g/mol. The molecule has 1 N–H and O–H groups in total. The van der Waals surface area contributed by atoms with E-state index in [2.05, 4.69) is 46.1 Å². The van der Waals surface area contributed by atoms with Gasteiger partial charge in [0.1, 0.15) is 0 Å². The summed E-state index contributed by atoms with van der Waals surface area (Å²) >= 11 is 8.92. The molecule has 0 spiro atoms. The average molecular weight is 346 g/mol. The second-order valence-corrected chi connectivity index (χ2v) is 24.3. The van der Waals surface area contributed by atoms with E-state index in [1.165, 1.54) is 6.08 Å². The Morgan fingerprint density at radius 1 is 1.50 bits per heavy atom. The molecule has 0 fully saturated rings. The van der Waals surface area contributed by atoms with Crippen LogP contribution in [-0.4, -0.2) is 11.7 Å². The van der Waals surface area contributed by atoms with Crippen molar-refractivity contribution in [2.75, 3.05) is 6.61 Å². The molecule has 5 heteroatoms. The van der Waals surface area contributed by atoms with Crippen LogP contribution in [0.3, 0.4) is 0 Å².